The van der Waals surface area contributed by atoms with Crippen molar-refractivity contribution in [3.8, 4) is 5.19 Å². The van der Waals surface area contributed by atoms with Crippen molar-refractivity contribution in [2.75, 3.05) is 11.9 Å². The molecule has 0 radical (unpaired) electrons. The summed E-state index contributed by atoms with van der Waals surface area (Å²) in [5.74, 6) is -2.19. The van der Waals surface area contributed by atoms with Gasteiger partial charge in [0, 0.05) is 18.0 Å². The number of nitrogens with zero attached hydrogens (tertiary/aromatic N) is 2. The second-order valence-electron chi connectivity index (χ2n) is 13.9. The van der Waals surface area contributed by atoms with Gasteiger partial charge in [0.2, 0.25) is 11.8 Å². The minimum Gasteiger partial charge on any atom is -0.465 e. The number of hydrogen-bond acceptors (Lipinski definition) is 8. The Kier molecular flexibility index (Phi) is 10.9. The number of ether oxygens (including phenoxy) is 1. The molecular weight excluding hydrogens is 727 g/mol. The first kappa shape index (κ1) is 37.3. The zero-order chi connectivity index (χ0) is 37.9. The number of halogens is 4. The number of carbonyl (C=O) groups is 3. The van der Waals surface area contributed by atoms with Crippen LogP contribution in [0, 0.1) is 11.7 Å². The number of amides is 3. The maximum absolute atomic E-state index is 14.4. The first-order valence-electron chi connectivity index (χ1n) is 17.9. The lowest BCUT2D eigenvalue weighted by Gasteiger charge is -2.30. The zero-order valence-electron chi connectivity index (χ0n) is 29.1. The van der Waals surface area contributed by atoms with Gasteiger partial charge in [-0.25, -0.2) is 14.9 Å². The second kappa shape index (κ2) is 15.8. The Hall–Kier alpha value is -5.02. The number of allylic oxidation sites excluding steroid dienone is 1. The molecule has 1 aromatic heterocycles. The number of hydroxylamine groups is 1. The Balaban J connectivity index is 1.11. The molecule has 1 aliphatic carbocycles. The van der Waals surface area contributed by atoms with Crippen LogP contribution in [-0.2, 0) is 32.0 Å². The number of carbonyl (C=O) groups excluding carboxylic acids is 3. The lowest BCUT2D eigenvalue weighted by atomic mass is 10.0. The van der Waals surface area contributed by atoms with Gasteiger partial charge in [0.25, 0.3) is 11.1 Å². The molecule has 3 aliphatic rings. The smallest absolute Gasteiger partial charge is 0.416 e. The van der Waals surface area contributed by atoms with E-state index in [0.717, 1.165) is 43.5 Å². The summed E-state index contributed by atoms with van der Waals surface area (Å²) in [5, 5.41) is 6.60. The molecule has 0 unspecified atom stereocenters. The molecule has 3 amide bonds. The monoisotopic (exact) mass is 765 g/mol. The fourth-order valence-electron chi connectivity index (χ4n) is 7.04. The van der Waals surface area contributed by atoms with E-state index in [9.17, 15) is 31.9 Å². The number of para-hydroxylation sites is 1. The summed E-state index contributed by atoms with van der Waals surface area (Å²) >= 11 is 1.17. The number of hydrogen-bond donors (Lipinski definition) is 3. The number of anilines is 1. The number of alkyl halides is 3. The van der Waals surface area contributed by atoms with E-state index in [1.54, 1.807) is 6.07 Å². The Bertz CT molecular complexity index is 2010. The average molecular weight is 766 g/mol. The standard InChI is InChI=1S/C39H39F4N5O5S/c40-27-17-18-30-33(19-27)54-37(45-30)53-29-20-32-34(49)46-38(36(51)47-52-23-24-13-15-25(16-14-24)39(41,42)43)21-26(38)9-5-2-1-3-8-12-31(35(50)48(32)22-29)44-28-10-6-4-7-11-28/h4-7,9-11,13-19,26,29,31-32,44H,1-3,8,12,20-23H2,(H,46,49)(H,47,51)/t26-,29-,31+,32+,38-/m1/s1. The highest BCUT2D eigenvalue weighted by molar-refractivity contribution is 7.20. The number of thiazole rings is 1. The van der Waals surface area contributed by atoms with Crippen LogP contribution >= 0.6 is 11.3 Å². The van der Waals surface area contributed by atoms with Crippen LogP contribution < -0.4 is 20.9 Å². The van der Waals surface area contributed by atoms with Crippen molar-refractivity contribution in [1.29, 1.82) is 0 Å². The quantitative estimate of drug-likeness (QED) is 0.101. The van der Waals surface area contributed by atoms with E-state index in [0.29, 0.717) is 22.2 Å². The number of nitrogens with one attached hydrogen (secondary N) is 3. The lowest BCUT2D eigenvalue weighted by molar-refractivity contribution is -0.143. The molecule has 3 aromatic carbocycles. The zero-order valence-corrected chi connectivity index (χ0v) is 29.9. The molecular formula is C39H39F4N5O5S. The Morgan fingerprint density at radius 3 is 2.61 bits per heavy atom. The molecule has 0 bridgehead atoms. The lowest BCUT2D eigenvalue weighted by Crippen LogP contribution is -2.56. The first-order chi connectivity index (χ1) is 26.0. The Morgan fingerprint density at radius 1 is 1.04 bits per heavy atom. The maximum Gasteiger partial charge on any atom is 0.416 e. The predicted octanol–water partition coefficient (Wildman–Crippen LogP) is 6.93. The SMILES string of the molecule is O=C1N[C@]2(C(=O)NOCc3ccc(C(F)(F)F)cc3)C[C@H]2C=CCCCCC[C@H](Nc2ccccc2)C(=O)N2C[C@H](Oc3nc4ccc(F)cc4s3)C[C@@H]12. The molecule has 4 aromatic rings. The van der Waals surface area contributed by atoms with Crippen LogP contribution in [0.4, 0.5) is 23.2 Å². The molecule has 7 rings (SSSR count). The molecule has 5 atom stereocenters. The van der Waals surface area contributed by atoms with Crippen LogP contribution in [0.2, 0.25) is 0 Å². The third-order valence-electron chi connectivity index (χ3n) is 10.0. The van der Waals surface area contributed by atoms with Crippen LogP contribution in [0.15, 0.2) is 84.9 Å². The van der Waals surface area contributed by atoms with E-state index in [2.05, 4.69) is 21.1 Å². The summed E-state index contributed by atoms with van der Waals surface area (Å²) in [5.41, 5.74) is 1.95. The van der Waals surface area contributed by atoms with E-state index in [4.69, 9.17) is 9.57 Å². The second-order valence-corrected chi connectivity index (χ2v) is 14.9. The van der Waals surface area contributed by atoms with Crippen LogP contribution in [0.3, 0.4) is 0 Å². The van der Waals surface area contributed by atoms with Gasteiger partial charge in [-0.05, 0) is 73.7 Å². The van der Waals surface area contributed by atoms with Gasteiger partial charge in [-0.3, -0.25) is 19.2 Å². The van der Waals surface area contributed by atoms with Gasteiger partial charge in [0.1, 0.15) is 29.5 Å². The van der Waals surface area contributed by atoms with Crippen molar-refractivity contribution < 1.29 is 41.5 Å². The minimum absolute atomic E-state index is 0.0763. The van der Waals surface area contributed by atoms with Crippen LogP contribution in [-0.4, -0.2) is 57.9 Å². The molecule has 2 aliphatic heterocycles. The van der Waals surface area contributed by atoms with Gasteiger partial charge < -0.3 is 20.3 Å². The summed E-state index contributed by atoms with van der Waals surface area (Å²) < 4.78 is 59.7. The number of rotatable bonds is 8. The van der Waals surface area contributed by atoms with Gasteiger partial charge in [0.15, 0.2) is 0 Å². The summed E-state index contributed by atoms with van der Waals surface area (Å²) in [6.45, 7) is -0.126. The molecule has 54 heavy (non-hydrogen) atoms. The van der Waals surface area contributed by atoms with Gasteiger partial charge in [0.05, 0.1) is 28.9 Å². The highest BCUT2D eigenvalue weighted by Crippen LogP contribution is 2.46. The van der Waals surface area contributed by atoms with Crippen molar-refractivity contribution in [2.24, 2.45) is 5.92 Å². The number of fused-ring (bicyclic) bond motifs is 3. The molecule has 10 nitrogen and oxygen atoms in total. The first-order valence-corrected chi connectivity index (χ1v) is 18.7. The van der Waals surface area contributed by atoms with Crippen molar-refractivity contribution in [3.05, 3.63) is 102 Å². The van der Waals surface area contributed by atoms with Crippen molar-refractivity contribution in [3.63, 3.8) is 0 Å². The fraction of sp³-hybridized carbons (Fsp3) is 0.385. The molecule has 1 saturated carbocycles. The van der Waals surface area contributed by atoms with E-state index in [1.165, 1.54) is 40.5 Å². The largest absolute Gasteiger partial charge is 0.465 e. The summed E-state index contributed by atoms with van der Waals surface area (Å²) in [6.07, 6.45) is 2.98. The van der Waals surface area contributed by atoms with Crippen LogP contribution in [0.1, 0.15) is 56.1 Å². The van der Waals surface area contributed by atoms with Crippen LogP contribution in [0.25, 0.3) is 10.2 Å². The molecule has 0 spiro atoms. The maximum atomic E-state index is 14.4. The Morgan fingerprint density at radius 2 is 1.83 bits per heavy atom. The van der Waals surface area contributed by atoms with Gasteiger partial charge >= 0.3 is 6.18 Å². The van der Waals surface area contributed by atoms with Crippen molar-refractivity contribution in [2.45, 2.75) is 81.5 Å². The van der Waals surface area contributed by atoms with E-state index < -0.39 is 53.1 Å². The third-order valence-corrected chi connectivity index (χ3v) is 11.0. The third kappa shape index (κ3) is 8.52. The van der Waals surface area contributed by atoms with Gasteiger partial charge in [-0.2, -0.15) is 13.2 Å². The van der Waals surface area contributed by atoms with E-state index >= 15 is 0 Å². The predicted molar refractivity (Wildman–Crippen MR) is 194 cm³/mol. The van der Waals surface area contributed by atoms with E-state index in [1.807, 2.05) is 42.5 Å². The number of aromatic nitrogens is 1. The molecule has 1 saturated heterocycles. The normalized spacial score (nSPS) is 24.9. The molecule has 15 heteroatoms. The fourth-order valence-corrected chi connectivity index (χ4v) is 7.94. The highest BCUT2D eigenvalue weighted by Gasteiger charge is 2.61. The van der Waals surface area contributed by atoms with Gasteiger partial charge in [-0.15, -0.1) is 0 Å². The molecule has 284 valence electrons. The van der Waals surface area contributed by atoms with Gasteiger partial charge in [-0.1, -0.05) is 66.7 Å². The van der Waals surface area contributed by atoms with Crippen molar-refractivity contribution >= 4 is 45.0 Å². The summed E-state index contributed by atoms with van der Waals surface area (Å²) in [6, 6.07) is 16.4. The van der Waals surface area contributed by atoms with E-state index in [-0.39, 0.29) is 43.0 Å². The number of benzene rings is 3. The molecule has 3 heterocycles. The minimum atomic E-state index is -4.48. The molecule has 3 N–H and O–H groups in total. The van der Waals surface area contributed by atoms with Crippen molar-refractivity contribution in [1.82, 2.24) is 20.7 Å². The summed E-state index contributed by atoms with van der Waals surface area (Å²) in [7, 11) is 0. The Labute approximate surface area is 312 Å². The average Bonchev–Trinajstić information content (AvgIpc) is 3.44. The topological polar surface area (TPSA) is 122 Å². The molecule has 2 fully saturated rings. The summed E-state index contributed by atoms with van der Waals surface area (Å²) in [4.78, 5) is 53.9. The highest BCUT2D eigenvalue weighted by atomic mass is 32.1. The van der Waals surface area contributed by atoms with Crippen LogP contribution in [0.5, 0.6) is 5.19 Å².